The average molecular weight is 393 g/mol. The van der Waals surface area contributed by atoms with E-state index in [-0.39, 0.29) is 18.0 Å². The number of halogens is 2. The smallest absolute Gasteiger partial charge is 0.329 e. The van der Waals surface area contributed by atoms with Gasteiger partial charge in [0.25, 0.3) is 5.91 Å². The number of amides is 3. The fourth-order valence-electron chi connectivity index (χ4n) is 1.83. The van der Waals surface area contributed by atoms with Gasteiger partial charge in [-0.3, -0.25) is 14.4 Å². The second-order valence-electron chi connectivity index (χ2n) is 5.10. The minimum absolute atomic E-state index is 0.248. The maximum atomic E-state index is 12.8. The van der Waals surface area contributed by atoms with Crippen LogP contribution in [-0.2, 0) is 14.4 Å². The van der Waals surface area contributed by atoms with Gasteiger partial charge >= 0.3 is 11.8 Å². The molecule has 0 spiro atoms. The minimum atomic E-state index is -1.04. The van der Waals surface area contributed by atoms with Crippen LogP contribution in [0.2, 0.25) is 5.02 Å². The third kappa shape index (κ3) is 6.40. The molecule has 0 radical (unpaired) electrons. The summed E-state index contributed by atoms with van der Waals surface area (Å²) in [5.41, 5.74) is 7.64. The van der Waals surface area contributed by atoms with E-state index < -0.39 is 23.5 Å². The molecule has 2 aromatic carbocycles. The molecule has 3 amide bonds. The maximum absolute atomic E-state index is 12.8. The summed E-state index contributed by atoms with van der Waals surface area (Å²) in [6.07, 6.45) is 1.19. The summed E-state index contributed by atoms with van der Waals surface area (Å²) in [7, 11) is 0. The van der Waals surface area contributed by atoms with Gasteiger partial charge in [0.05, 0.1) is 6.21 Å². The quantitative estimate of drug-likeness (QED) is 0.391. The van der Waals surface area contributed by atoms with Crippen molar-refractivity contribution >= 4 is 41.2 Å². The normalized spacial score (nSPS) is 10.4. The number of carbonyl (C=O) groups is 3. The second kappa shape index (κ2) is 9.30. The number of rotatable bonds is 6. The molecule has 0 bridgehead atoms. The van der Waals surface area contributed by atoms with Gasteiger partial charge < -0.3 is 15.8 Å². The fraction of sp³-hybridized carbons (Fsp3) is 0.0588. The summed E-state index contributed by atoms with van der Waals surface area (Å²) in [5.74, 6) is -2.92. The van der Waals surface area contributed by atoms with Crippen molar-refractivity contribution in [1.82, 2.24) is 5.43 Å². The Morgan fingerprint density at radius 2 is 1.85 bits per heavy atom. The van der Waals surface area contributed by atoms with E-state index in [0.717, 1.165) is 12.1 Å². The number of nitrogens with two attached hydrogens (primary N) is 1. The SMILES string of the molecule is NC(=O)COc1ccc(Cl)cc1/C=N\NC(=O)C(=O)Nc1ccc(F)cc1. The van der Waals surface area contributed by atoms with Gasteiger partial charge in [-0.1, -0.05) is 11.6 Å². The zero-order valence-electron chi connectivity index (χ0n) is 13.7. The average Bonchev–Trinajstić information content (AvgIpc) is 2.62. The van der Waals surface area contributed by atoms with Crippen LogP contribution in [0.4, 0.5) is 10.1 Å². The number of hydrazone groups is 1. The molecular formula is C17H14ClFN4O4. The van der Waals surface area contributed by atoms with Gasteiger partial charge in [-0.15, -0.1) is 0 Å². The monoisotopic (exact) mass is 392 g/mol. The molecule has 0 heterocycles. The highest BCUT2D eigenvalue weighted by atomic mass is 35.5. The Bertz CT molecular complexity index is 887. The Hall–Kier alpha value is -3.46. The van der Waals surface area contributed by atoms with Crippen LogP contribution in [0.5, 0.6) is 5.75 Å². The Morgan fingerprint density at radius 3 is 2.52 bits per heavy atom. The van der Waals surface area contributed by atoms with Crippen molar-refractivity contribution in [3.05, 3.63) is 58.9 Å². The number of carbonyl (C=O) groups excluding carboxylic acids is 3. The molecule has 2 aromatic rings. The molecule has 140 valence electrons. The molecule has 0 atom stereocenters. The first-order chi connectivity index (χ1) is 12.8. The molecular weight excluding hydrogens is 379 g/mol. The van der Waals surface area contributed by atoms with Crippen molar-refractivity contribution in [1.29, 1.82) is 0 Å². The van der Waals surface area contributed by atoms with E-state index in [1.54, 1.807) is 0 Å². The van der Waals surface area contributed by atoms with E-state index in [4.69, 9.17) is 22.1 Å². The molecule has 2 rings (SSSR count). The van der Waals surface area contributed by atoms with E-state index in [0.29, 0.717) is 10.6 Å². The lowest BCUT2D eigenvalue weighted by Gasteiger charge is -2.07. The standard InChI is InChI=1S/C17H14ClFN4O4/c18-11-1-6-14(27-9-15(20)24)10(7-11)8-21-23-17(26)16(25)22-13-4-2-12(19)3-5-13/h1-8H,9H2,(H2,20,24)(H,22,25)(H,23,26)/b21-8-. The summed E-state index contributed by atoms with van der Waals surface area (Å²) in [6.45, 7) is -0.352. The minimum Gasteiger partial charge on any atom is -0.483 e. The van der Waals surface area contributed by atoms with Crippen LogP contribution in [-0.4, -0.2) is 30.5 Å². The number of hydrogen-bond acceptors (Lipinski definition) is 5. The zero-order chi connectivity index (χ0) is 19.8. The number of nitrogens with one attached hydrogen (secondary N) is 2. The van der Waals surface area contributed by atoms with Gasteiger partial charge in [0.1, 0.15) is 11.6 Å². The lowest BCUT2D eigenvalue weighted by atomic mass is 10.2. The van der Waals surface area contributed by atoms with Crippen LogP contribution in [0.15, 0.2) is 47.6 Å². The molecule has 0 aromatic heterocycles. The lowest BCUT2D eigenvalue weighted by molar-refractivity contribution is -0.136. The largest absolute Gasteiger partial charge is 0.483 e. The fourth-order valence-corrected chi connectivity index (χ4v) is 2.01. The van der Waals surface area contributed by atoms with Crippen LogP contribution < -0.4 is 21.2 Å². The van der Waals surface area contributed by atoms with E-state index in [2.05, 4.69) is 10.4 Å². The van der Waals surface area contributed by atoms with E-state index in [1.807, 2.05) is 5.43 Å². The van der Waals surface area contributed by atoms with E-state index in [1.165, 1.54) is 36.5 Å². The number of ether oxygens (including phenoxy) is 1. The molecule has 0 unspecified atom stereocenters. The highest BCUT2D eigenvalue weighted by Crippen LogP contribution is 2.21. The predicted octanol–water partition coefficient (Wildman–Crippen LogP) is 1.43. The van der Waals surface area contributed by atoms with Gasteiger partial charge in [0, 0.05) is 16.3 Å². The van der Waals surface area contributed by atoms with Crippen LogP contribution in [0.1, 0.15) is 5.56 Å². The molecule has 4 N–H and O–H groups in total. The van der Waals surface area contributed by atoms with Crippen LogP contribution in [0.3, 0.4) is 0 Å². The van der Waals surface area contributed by atoms with Crippen LogP contribution in [0.25, 0.3) is 0 Å². The Balaban J connectivity index is 1.98. The maximum Gasteiger partial charge on any atom is 0.329 e. The van der Waals surface area contributed by atoms with Crippen LogP contribution in [0, 0.1) is 5.82 Å². The van der Waals surface area contributed by atoms with Gasteiger partial charge in [-0.25, -0.2) is 9.82 Å². The molecule has 0 aliphatic carbocycles. The van der Waals surface area contributed by atoms with Crippen molar-refractivity contribution in [2.24, 2.45) is 10.8 Å². The first-order valence-corrected chi connectivity index (χ1v) is 7.83. The van der Waals surface area contributed by atoms with E-state index in [9.17, 15) is 18.8 Å². The molecule has 0 aliphatic rings. The summed E-state index contributed by atoms with van der Waals surface area (Å²) in [5, 5.41) is 6.29. The van der Waals surface area contributed by atoms with Gasteiger partial charge in [0.2, 0.25) is 0 Å². The van der Waals surface area contributed by atoms with Crippen molar-refractivity contribution in [3.8, 4) is 5.75 Å². The number of anilines is 1. The number of benzene rings is 2. The van der Waals surface area contributed by atoms with Gasteiger partial charge in [-0.05, 0) is 42.5 Å². The number of nitrogens with zero attached hydrogens (tertiary/aromatic N) is 1. The molecule has 0 saturated carbocycles. The Labute approximate surface area is 158 Å². The van der Waals surface area contributed by atoms with E-state index >= 15 is 0 Å². The number of hydrogen-bond donors (Lipinski definition) is 3. The highest BCUT2D eigenvalue weighted by molar-refractivity contribution is 6.39. The van der Waals surface area contributed by atoms with Gasteiger partial charge in [0.15, 0.2) is 6.61 Å². The highest BCUT2D eigenvalue weighted by Gasteiger charge is 2.13. The third-order valence-corrected chi connectivity index (χ3v) is 3.25. The molecule has 0 saturated heterocycles. The van der Waals surface area contributed by atoms with Crippen LogP contribution >= 0.6 is 11.6 Å². The van der Waals surface area contributed by atoms with Crippen molar-refractivity contribution in [2.75, 3.05) is 11.9 Å². The second-order valence-corrected chi connectivity index (χ2v) is 5.53. The Kier molecular flexibility index (Phi) is 6.84. The molecule has 0 aliphatic heterocycles. The molecule has 8 nitrogen and oxygen atoms in total. The Morgan fingerprint density at radius 1 is 1.15 bits per heavy atom. The summed E-state index contributed by atoms with van der Waals surface area (Å²) in [6, 6.07) is 9.39. The lowest BCUT2D eigenvalue weighted by Crippen LogP contribution is -2.32. The molecule has 27 heavy (non-hydrogen) atoms. The first-order valence-electron chi connectivity index (χ1n) is 7.46. The zero-order valence-corrected chi connectivity index (χ0v) is 14.5. The first kappa shape index (κ1) is 19.9. The van der Waals surface area contributed by atoms with Crippen molar-refractivity contribution < 1.29 is 23.5 Å². The van der Waals surface area contributed by atoms with Crippen molar-refractivity contribution in [2.45, 2.75) is 0 Å². The number of primary amides is 1. The topological polar surface area (TPSA) is 123 Å². The third-order valence-electron chi connectivity index (χ3n) is 3.02. The predicted molar refractivity (Wildman–Crippen MR) is 96.9 cm³/mol. The summed E-state index contributed by atoms with van der Waals surface area (Å²) >= 11 is 5.89. The van der Waals surface area contributed by atoms with Crippen molar-refractivity contribution in [3.63, 3.8) is 0 Å². The molecule has 10 heteroatoms. The molecule has 0 fully saturated rings. The van der Waals surface area contributed by atoms with Gasteiger partial charge in [-0.2, -0.15) is 5.10 Å². The summed E-state index contributed by atoms with van der Waals surface area (Å²) in [4.78, 5) is 34.3. The summed E-state index contributed by atoms with van der Waals surface area (Å²) < 4.78 is 18.0.